The molecule has 1 aromatic rings. The van der Waals surface area contributed by atoms with E-state index in [1.54, 1.807) is 0 Å². The van der Waals surface area contributed by atoms with Crippen LogP contribution in [0.15, 0.2) is 28.7 Å². The average molecular weight is 284 g/mol. The van der Waals surface area contributed by atoms with Crippen LogP contribution in [-0.4, -0.2) is 18.3 Å². The van der Waals surface area contributed by atoms with Crippen LogP contribution in [0.3, 0.4) is 0 Å². The van der Waals surface area contributed by atoms with Gasteiger partial charge in [-0.25, -0.2) is 0 Å². The van der Waals surface area contributed by atoms with Gasteiger partial charge in [0.25, 0.3) is 0 Å². The summed E-state index contributed by atoms with van der Waals surface area (Å²) in [5.74, 6) is 0.821. The van der Waals surface area contributed by atoms with Crippen LogP contribution in [0, 0.1) is 5.92 Å². The Bertz CT molecular complexity index is 347. The van der Waals surface area contributed by atoms with E-state index in [1.807, 2.05) is 12.1 Å². The van der Waals surface area contributed by atoms with E-state index in [2.05, 4.69) is 40.3 Å². The molecule has 1 fully saturated rings. The number of rotatable bonds is 5. The molecule has 1 aliphatic rings. The maximum Gasteiger partial charge on any atom is 0.0652 e. The number of benzene rings is 1. The highest BCUT2D eigenvalue weighted by Gasteiger charge is 2.29. The molecule has 0 spiro atoms. The summed E-state index contributed by atoms with van der Waals surface area (Å²) < 4.78 is 1.07. The van der Waals surface area contributed by atoms with Gasteiger partial charge in [-0.3, -0.25) is 0 Å². The van der Waals surface area contributed by atoms with Crippen LogP contribution < -0.4 is 5.32 Å². The Morgan fingerprint density at radius 2 is 2.00 bits per heavy atom. The third kappa shape index (κ3) is 2.84. The molecular weight excluding hydrogens is 266 g/mol. The van der Waals surface area contributed by atoms with E-state index in [0.717, 1.165) is 22.5 Å². The van der Waals surface area contributed by atoms with Crippen molar-refractivity contribution in [2.75, 3.05) is 13.2 Å². The average Bonchev–Trinajstić information content (AvgIpc) is 3.11. The monoisotopic (exact) mass is 283 g/mol. The molecular formula is C13H18BrNO. The van der Waals surface area contributed by atoms with E-state index in [1.165, 1.54) is 12.8 Å². The van der Waals surface area contributed by atoms with Crippen molar-refractivity contribution in [2.45, 2.75) is 25.3 Å². The maximum absolute atomic E-state index is 9.57. The molecule has 0 bridgehead atoms. The minimum absolute atomic E-state index is 0.126. The highest BCUT2D eigenvalue weighted by Crippen LogP contribution is 2.30. The van der Waals surface area contributed by atoms with Gasteiger partial charge < -0.3 is 10.4 Å². The summed E-state index contributed by atoms with van der Waals surface area (Å²) in [6.07, 6.45) is 2.66. The highest BCUT2D eigenvalue weighted by molar-refractivity contribution is 9.10. The van der Waals surface area contributed by atoms with Gasteiger partial charge in [-0.2, -0.15) is 0 Å². The Morgan fingerprint density at radius 3 is 2.50 bits per heavy atom. The first-order valence-corrected chi connectivity index (χ1v) is 6.55. The lowest BCUT2D eigenvalue weighted by atomic mass is 9.93. The SMILES string of the molecule is CC(CO)(NCC1CC1)c1ccc(Br)cc1. The van der Waals surface area contributed by atoms with Crippen molar-refractivity contribution in [1.29, 1.82) is 0 Å². The Labute approximate surface area is 105 Å². The molecule has 3 heteroatoms. The van der Waals surface area contributed by atoms with Gasteiger partial charge in [-0.1, -0.05) is 28.1 Å². The molecule has 0 heterocycles. The van der Waals surface area contributed by atoms with Crippen molar-refractivity contribution in [3.05, 3.63) is 34.3 Å². The Kier molecular flexibility index (Phi) is 3.67. The van der Waals surface area contributed by atoms with Crippen molar-refractivity contribution >= 4 is 15.9 Å². The molecule has 1 unspecified atom stereocenters. The third-order valence-corrected chi connectivity index (χ3v) is 3.80. The Balaban J connectivity index is 2.08. The largest absolute Gasteiger partial charge is 0.394 e. The zero-order valence-corrected chi connectivity index (χ0v) is 11.1. The number of aliphatic hydroxyl groups excluding tert-OH is 1. The Morgan fingerprint density at radius 1 is 1.38 bits per heavy atom. The second-order valence-corrected chi connectivity index (χ2v) is 5.74. The van der Waals surface area contributed by atoms with Crippen molar-refractivity contribution in [3.8, 4) is 0 Å². The van der Waals surface area contributed by atoms with Crippen LogP contribution >= 0.6 is 15.9 Å². The summed E-state index contributed by atoms with van der Waals surface area (Å²) in [4.78, 5) is 0. The van der Waals surface area contributed by atoms with E-state index in [0.29, 0.717) is 0 Å². The Hall–Kier alpha value is -0.380. The van der Waals surface area contributed by atoms with E-state index < -0.39 is 0 Å². The molecule has 1 atom stereocenters. The fourth-order valence-electron chi connectivity index (χ4n) is 1.76. The van der Waals surface area contributed by atoms with Gasteiger partial charge in [0.1, 0.15) is 0 Å². The zero-order chi connectivity index (χ0) is 11.6. The van der Waals surface area contributed by atoms with Gasteiger partial charge in [0.2, 0.25) is 0 Å². The van der Waals surface area contributed by atoms with E-state index >= 15 is 0 Å². The molecule has 2 nitrogen and oxygen atoms in total. The van der Waals surface area contributed by atoms with Crippen LogP contribution in [0.4, 0.5) is 0 Å². The summed E-state index contributed by atoms with van der Waals surface area (Å²) in [5, 5.41) is 13.0. The fourth-order valence-corrected chi connectivity index (χ4v) is 2.02. The van der Waals surface area contributed by atoms with Gasteiger partial charge >= 0.3 is 0 Å². The predicted octanol–water partition coefficient (Wildman–Crippen LogP) is 2.66. The van der Waals surface area contributed by atoms with Gasteiger partial charge in [-0.05, 0) is 49.9 Å². The lowest BCUT2D eigenvalue weighted by molar-refractivity contribution is 0.174. The topological polar surface area (TPSA) is 32.3 Å². The van der Waals surface area contributed by atoms with Gasteiger partial charge in [-0.15, -0.1) is 0 Å². The molecule has 2 N–H and O–H groups in total. The van der Waals surface area contributed by atoms with E-state index in [-0.39, 0.29) is 12.1 Å². The van der Waals surface area contributed by atoms with E-state index in [4.69, 9.17) is 0 Å². The van der Waals surface area contributed by atoms with E-state index in [9.17, 15) is 5.11 Å². The molecule has 0 radical (unpaired) electrons. The van der Waals surface area contributed by atoms with Crippen molar-refractivity contribution in [2.24, 2.45) is 5.92 Å². The predicted molar refractivity (Wildman–Crippen MR) is 69.3 cm³/mol. The second kappa shape index (κ2) is 4.86. The smallest absolute Gasteiger partial charge is 0.0652 e. The number of nitrogens with one attached hydrogen (secondary N) is 1. The van der Waals surface area contributed by atoms with Crippen LogP contribution in [-0.2, 0) is 5.54 Å². The number of hydrogen-bond acceptors (Lipinski definition) is 2. The molecule has 1 aromatic carbocycles. The zero-order valence-electron chi connectivity index (χ0n) is 9.54. The summed E-state index contributed by atoms with van der Waals surface area (Å²) in [6.45, 7) is 3.19. The van der Waals surface area contributed by atoms with Crippen molar-refractivity contribution in [3.63, 3.8) is 0 Å². The van der Waals surface area contributed by atoms with Gasteiger partial charge in [0, 0.05) is 4.47 Å². The van der Waals surface area contributed by atoms with Crippen LogP contribution in [0.1, 0.15) is 25.3 Å². The summed E-state index contributed by atoms with van der Waals surface area (Å²) in [5.41, 5.74) is 0.822. The highest BCUT2D eigenvalue weighted by atomic mass is 79.9. The molecule has 16 heavy (non-hydrogen) atoms. The quantitative estimate of drug-likeness (QED) is 0.871. The van der Waals surface area contributed by atoms with Gasteiger partial charge in [0.05, 0.1) is 12.1 Å². The summed E-state index contributed by atoms with van der Waals surface area (Å²) in [7, 11) is 0. The second-order valence-electron chi connectivity index (χ2n) is 4.82. The van der Waals surface area contributed by atoms with Crippen molar-refractivity contribution in [1.82, 2.24) is 5.32 Å². The maximum atomic E-state index is 9.57. The fraction of sp³-hybridized carbons (Fsp3) is 0.538. The summed E-state index contributed by atoms with van der Waals surface area (Å²) in [6, 6.07) is 8.14. The molecule has 0 amide bonds. The van der Waals surface area contributed by atoms with Crippen molar-refractivity contribution < 1.29 is 5.11 Å². The number of hydrogen-bond donors (Lipinski definition) is 2. The molecule has 1 aliphatic carbocycles. The first-order chi connectivity index (χ1) is 7.64. The summed E-state index contributed by atoms with van der Waals surface area (Å²) >= 11 is 3.42. The first-order valence-electron chi connectivity index (χ1n) is 5.76. The normalized spacial score (nSPS) is 19.4. The molecule has 0 aliphatic heterocycles. The first kappa shape index (κ1) is 12.1. The van der Waals surface area contributed by atoms with Crippen LogP contribution in [0.2, 0.25) is 0 Å². The molecule has 1 saturated carbocycles. The standard InChI is InChI=1S/C13H18BrNO/c1-13(9-16,15-8-10-2-3-10)11-4-6-12(14)7-5-11/h4-7,10,15-16H,2-3,8-9H2,1H3. The van der Waals surface area contributed by atoms with Gasteiger partial charge in [0.15, 0.2) is 0 Å². The molecule has 0 aromatic heterocycles. The van der Waals surface area contributed by atoms with Crippen LogP contribution in [0.25, 0.3) is 0 Å². The molecule has 88 valence electrons. The lowest BCUT2D eigenvalue weighted by Gasteiger charge is -2.29. The minimum atomic E-state index is -0.316. The lowest BCUT2D eigenvalue weighted by Crippen LogP contribution is -2.43. The minimum Gasteiger partial charge on any atom is -0.394 e. The third-order valence-electron chi connectivity index (χ3n) is 3.28. The number of halogens is 1. The van der Waals surface area contributed by atoms with Crippen LogP contribution in [0.5, 0.6) is 0 Å². The molecule has 2 rings (SSSR count). The molecule has 0 saturated heterocycles. The number of aliphatic hydroxyl groups is 1.